The van der Waals surface area contributed by atoms with Gasteiger partial charge in [-0.2, -0.15) is 5.10 Å². The largest absolute Gasteiger partial charge is 0.465 e. The van der Waals surface area contributed by atoms with Gasteiger partial charge in [-0.1, -0.05) is 19.1 Å². The Labute approximate surface area is 150 Å². The first-order valence-corrected chi connectivity index (χ1v) is 9.02. The highest BCUT2D eigenvalue weighted by Crippen LogP contribution is 2.32. The van der Waals surface area contributed by atoms with Gasteiger partial charge in [0.15, 0.2) is 0 Å². The Kier molecular flexibility index (Phi) is 5.28. The van der Waals surface area contributed by atoms with E-state index in [-0.39, 0.29) is 11.9 Å². The number of methoxy groups -OCH3 is 1. The van der Waals surface area contributed by atoms with Crippen molar-refractivity contribution in [3.63, 3.8) is 0 Å². The summed E-state index contributed by atoms with van der Waals surface area (Å²) < 4.78 is 4.65. The SMILES string of the molecule is COC(=O)c1ccc(C=NNC(=O)c2cc3c(s2)CCC(C)C3)cc1. The van der Waals surface area contributed by atoms with E-state index in [9.17, 15) is 9.59 Å². The zero-order valence-electron chi connectivity index (χ0n) is 14.2. The number of nitrogens with zero attached hydrogens (tertiary/aromatic N) is 1. The second kappa shape index (κ2) is 7.61. The average molecular weight is 356 g/mol. The molecule has 0 saturated heterocycles. The van der Waals surface area contributed by atoms with Gasteiger partial charge in [0.25, 0.3) is 5.91 Å². The molecule has 0 bridgehead atoms. The molecule has 1 aromatic heterocycles. The van der Waals surface area contributed by atoms with Crippen molar-refractivity contribution in [3.8, 4) is 0 Å². The minimum Gasteiger partial charge on any atom is -0.465 e. The number of rotatable bonds is 4. The van der Waals surface area contributed by atoms with Crippen molar-refractivity contribution < 1.29 is 14.3 Å². The van der Waals surface area contributed by atoms with Gasteiger partial charge in [0.05, 0.1) is 23.8 Å². The maximum atomic E-state index is 12.2. The Hall–Kier alpha value is -2.47. The van der Waals surface area contributed by atoms with Gasteiger partial charge in [0.1, 0.15) is 0 Å². The Morgan fingerprint density at radius 1 is 1.32 bits per heavy atom. The number of hydrazone groups is 1. The maximum absolute atomic E-state index is 12.2. The molecule has 0 radical (unpaired) electrons. The van der Waals surface area contributed by atoms with Crippen LogP contribution < -0.4 is 5.43 Å². The van der Waals surface area contributed by atoms with Crippen LogP contribution in [0.3, 0.4) is 0 Å². The van der Waals surface area contributed by atoms with Crippen LogP contribution in [0.1, 0.15) is 49.4 Å². The number of hydrogen-bond donors (Lipinski definition) is 1. The summed E-state index contributed by atoms with van der Waals surface area (Å²) in [5, 5.41) is 4.00. The highest BCUT2D eigenvalue weighted by Gasteiger charge is 2.20. The number of ether oxygens (including phenoxy) is 1. The van der Waals surface area contributed by atoms with Crippen molar-refractivity contribution in [2.75, 3.05) is 7.11 Å². The van der Waals surface area contributed by atoms with Crippen LogP contribution in [0.2, 0.25) is 0 Å². The summed E-state index contributed by atoms with van der Waals surface area (Å²) in [4.78, 5) is 25.6. The number of thiophene rings is 1. The fourth-order valence-corrected chi connectivity index (χ4v) is 3.96. The molecule has 1 heterocycles. The molecule has 0 fully saturated rings. The molecular formula is C19H20N2O3S. The third kappa shape index (κ3) is 4.14. The first-order chi connectivity index (χ1) is 12.1. The van der Waals surface area contributed by atoms with Gasteiger partial charge in [0.2, 0.25) is 0 Å². The second-order valence-corrected chi connectivity index (χ2v) is 7.36. The van der Waals surface area contributed by atoms with E-state index >= 15 is 0 Å². The monoisotopic (exact) mass is 356 g/mol. The highest BCUT2D eigenvalue weighted by atomic mass is 32.1. The van der Waals surface area contributed by atoms with E-state index in [1.807, 2.05) is 6.07 Å². The standard InChI is InChI=1S/C19H20N2O3S/c1-12-3-8-16-15(9-12)10-17(25-16)18(22)21-20-11-13-4-6-14(7-5-13)19(23)24-2/h4-7,10-12H,3,8-9H2,1-2H3,(H,21,22). The molecule has 2 aromatic rings. The minimum absolute atomic E-state index is 0.186. The summed E-state index contributed by atoms with van der Waals surface area (Å²) in [6.07, 6.45) is 4.85. The van der Waals surface area contributed by atoms with E-state index < -0.39 is 0 Å². The van der Waals surface area contributed by atoms with Gasteiger partial charge < -0.3 is 4.74 Å². The number of carbonyl (C=O) groups is 2. The van der Waals surface area contributed by atoms with Crippen LogP contribution in [0.25, 0.3) is 0 Å². The number of carbonyl (C=O) groups excluding carboxylic acids is 2. The fraction of sp³-hybridized carbons (Fsp3) is 0.316. The molecule has 1 amide bonds. The molecule has 0 saturated carbocycles. The molecular weight excluding hydrogens is 336 g/mol. The van der Waals surface area contributed by atoms with Gasteiger partial charge in [-0.15, -0.1) is 11.3 Å². The lowest BCUT2D eigenvalue weighted by Gasteiger charge is -2.16. The quantitative estimate of drug-likeness (QED) is 0.518. The van der Waals surface area contributed by atoms with Gasteiger partial charge in [-0.3, -0.25) is 4.79 Å². The van der Waals surface area contributed by atoms with Crippen molar-refractivity contribution in [3.05, 3.63) is 56.8 Å². The molecule has 25 heavy (non-hydrogen) atoms. The molecule has 1 aromatic carbocycles. The van der Waals surface area contributed by atoms with Gasteiger partial charge in [0, 0.05) is 4.88 Å². The number of nitrogens with one attached hydrogen (secondary N) is 1. The van der Waals surface area contributed by atoms with E-state index in [1.54, 1.807) is 41.8 Å². The molecule has 6 heteroatoms. The lowest BCUT2D eigenvalue weighted by atomic mass is 9.90. The van der Waals surface area contributed by atoms with Crippen LogP contribution in [0, 0.1) is 5.92 Å². The maximum Gasteiger partial charge on any atom is 0.337 e. The second-order valence-electron chi connectivity index (χ2n) is 6.22. The number of fused-ring (bicyclic) bond motifs is 1. The Bertz CT molecular complexity index is 809. The lowest BCUT2D eigenvalue weighted by Crippen LogP contribution is -2.16. The third-order valence-electron chi connectivity index (χ3n) is 4.26. The molecule has 3 rings (SSSR count). The highest BCUT2D eigenvalue weighted by molar-refractivity contribution is 7.14. The lowest BCUT2D eigenvalue weighted by molar-refractivity contribution is 0.0600. The van der Waals surface area contributed by atoms with Crippen molar-refractivity contribution in [1.82, 2.24) is 5.43 Å². The van der Waals surface area contributed by atoms with Crippen LogP contribution >= 0.6 is 11.3 Å². The molecule has 130 valence electrons. The summed E-state index contributed by atoms with van der Waals surface area (Å²) in [5.74, 6) is 0.117. The summed E-state index contributed by atoms with van der Waals surface area (Å²) >= 11 is 1.56. The number of esters is 1. The summed E-state index contributed by atoms with van der Waals surface area (Å²) in [5.41, 5.74) is 5.13. The molecule has 1 unspecified atom stereocenters. The van der Waals surface area contributed by atoms with Crippen molar-refractivity contribution >= 4 is 29.4 Å². The van der Waals surface area contributed by atoms with E-state index in [4.69, 9.17) is 0 Å². The Morgan fingerprint density at radius 2 is 2.08 bits per heavy atom. The molecule has 1 aliphatic rings. The van der Waals surface area contributed by atoms with E-state index in [0.29, 0.717) is 16.4 Å². The van der Waals surface area contributed by atoms with E-state index in [2.05, 4.69) is 22.2 Å². The topological polar surface area (TPSA) is 67.8 Å². The first kappa shape index (κ1) is 17.4. The molecule has 1 atom stereocenters. The van der Waals surface area contributed by atoms with Crippen LogP contribution in [0.15, 0.2) is 35.4 Å². The Morgan fingerprint density at radius 3 is 2.80 bits per heavy atom. The zero-order chi connectivity index (χ0) is 17.8. The van der Waals surface area contributed by atoms with E-state index in [1.165, 1.54) is 24.0 Å². The molecule has 0 aliphatic heterocycles. The number of amides is 1. The van der Waals surface area contributed by atoms with Crippen LogP contribution in [0.5, 0.6) is 0 Å². The Balaban J connectivity index is 1.60. The van der Waals surface area contributed by atoms with Crippen LogP contribution in [-0.2, 0) is 17.6 Å². The van der Waals surface area contributed by atoms with Crippen molar-refractivity contribution in [2.24, 2.45) is 11.0 Å². The summed E-state index contributed by atoms with van der Waals surface area (Å²) in [7, 11) is 1.34. The first-order valence-electron chi connectivity index (χ1n) is 8.20. The van der Waals surface area contributed by atoms with Gasteiger partial charge in [-0.05, 0) is 54.5 Å². The number of aryl methyl sites for hydroxylation is 1. The zero-order valence-corrected chi connectivity index (χ0v) is 15.1. The number of benzene rings is 1. The summed E-state index contributed by atoms with van der Waals surface area (Å²) in [6, 6.07) is 8.79. The van der Waals surface area contributed by atoms with Crippen molar-refractivity contribution in [1.29, 1.82) is 0 Å². The third-order valence-corrected chi connectivity index (χ3v) is 5.50. The molecule has 1 N–H and O–H groups in total. The van der Waals surface area contributed by atoms with Gasteiger partial charge in [-0.25, -0.2) is 10.2 Å². The van der Waals surface area contributed by atoms with Crippen LogP contribution in [-0.4, -0.2) is 25.2 Å². The van der Waals surface area contributed by atoms with E-state index in [0.717, 1.165) is 18.4 Å². The minimum atomic E-state index is -0.382. The predicted molar refractivity (Wildman–Crippen MR) is 98.3 cm³/mol. The van der Waals surface area contributed by atoms with Gasteiger partial charge >= 0.3 is 5.97 Å². The average Bonchev–Trinajstić information content (AvgIpc) is 3.04. The molecule has 5 nitrogen and oxygen atoms in total. The predicted octanol–water partition coefficient (Wildman–Crippen LogP) is 3.42. The molecule has 0 spiro atoms. The number of hydrogen-bond acceptors (Lipinski definition) is 5. The normalized spacial score (nSPS) is 16.5. The summed E-state index contributed by atoms with van der Waals surface area (Å²) in [6.45, 7) is 2.25. The van der Waals surface area contributed by atoms with Crippen LogP contribution in [0.4, 0.5) is 0 Å². The smallest absolute Gasteiger partial charge is 0.337 e. The molecule has 1 aliphatic carbocycles. The fourth-order valence-electron chi connectivity index (χ4n) is 2.86. The van der Waals surface area contributed by atoms with Crippen molar-refractivity contribution in [2.45, 2.75) is 26.2 Å².